The summed E-state index contributed by atoms with van der Waals surface area (Å²) in [5, 5.41) is 8.33. The molecule has 2 atom stereocenters. The summed E-state index contributed by atoms with van der Waals surface area (Å²) in [5.74, 6) is 0. The summed E-state index contributed by atoms with van der Waals surface area (Å²) in [4.78, 5) is 1.43. The highest BCUT2D eigenvalue weighted by Crippen LogP contribution is 2.37. The lowest BCUT2D eigenvalue weighted by Crippen LogP contribution is -2.13. The molecule has 1 aliphatic heterocycles. The molecule has 0 fully saturated rings. The van der Waals surface area contributed by atoms with Crippen LogP contribution in [0.3, 0.4) is 0 Å². The van der Waals surface area contributed by atoms with Crippen molar-refractivity contribution >= 4 is 11.8 Å². The van der Waals surface area contributed by atoms with E-state index in [9.17, 15) is 0 Å². The summed E-state index contributed by atoms with van der Waals surface area (Å²) in [5.41, 5.74) is 2.73. The molecule has 3 rings (SSSR count). The van der Waals surface area contributed by atoms with E-state index in [1.807, 2.05) is 25.0 Å². The fraction of sp³-hybridized carbons (Fsp3) is 0.400. The predicted molar refractivity (Wildman–Crippen MR) is 79.5 cm³/mol. The van der Waals surface area contributed by atoms with Crippen molar-refractivity contribution in [3.05, 3.63) is 47.8 Å². The Morgan fingerprint density at radius 3 is 3.11 bits per heavy atom. The van der Waals surface area contributed by atoms with Crippen LogP contribution < -0.4 is 5.32 Å². The number of fused-ring (bicyclic) bond motifs is 1. The van der Waals surface area contributed by atoms with E-state index in [0.29, 0.717) is 11.3 Å². The quantitative estimate of drug-likeness (QED) is 0.929. The normalized spacial score (nSPS) is 19.4. The average Bonchev–Trinajstić information content (AvgIpc) is 3.04. The minimum Gasteiger partial charge on any atom is -0.313 e. The van der Waals surface area contributed by atoms with Crippen LogP contribution in [0.15, 0.2) is 41.6 Å². The molecule has 2 unspecified atom stereocenters. The summed E-state index contributed by atoms with van der Waals surface area (Å²) in [7, 11) is 1.98. The van der Waals surface area contributed by atoms with Gasteiger partial charge in [0.05, 0.1) is 12.7 Å². The predicted octanol–water partition coefficient (Wildman–Crippen LogP) is 2.88. The van der Waals surface area contributed by atoms with E-state index < -0.39 is 0 Å². The zero-order chi connectivity index (χ0) is 13.2. The van der Waals surface area contributed by atoms with Gasteiger partial charge in [-0.3, -0.25) is 4.68 Å². The summed E-state index contributed by atoms with van der Waals surface area (Å²) in [6.07, 6.45) is 5.27. The van der Waals surface area contributed by atoms with Gasteiger partial charge in [0, 0.05) is 27.9 Å². The molecule has 1 aromatic carbocycles. The smallest absolute Gasteiger partial charge is 0.0537 e. The molecule has 1 aromatic heterocycles. The van der Waals surface area contributed by atoms with Crippen LogP contribution in [0.2, 0.25) is 0 Å². The van der Waals surface area contributed by atoms with Gasteiger partial charge in [-0.05, 0) is 32.0 Å². The van der Waals surface area contributed by atoms with Crippen LogP contribution in [0.1, 0.15) is 24.1 Å². The second-order valence-corrected chi connectivity index (χ2v) is 6.40. The van der Waals surface area contributed by atoms with Crippen molar-refractivity contribution in [3.63, 3.8) is 0 Å². The zero-order valence-corrected chi connectivity index (χ0v) is 12.2. The number of thioether (sulfide) groups is 1. The molecule has 0 saturated heterocycles. The van der Waals surface area contributed by atoms with E-state index >= 15 is 0 Å². The summed E-state index contributed by atoms with van der Waals surface area (Å²) >= 11 is 1.98. The second kappa shape index (κ2) is 5.39. The summed E-state index contributed by atoms with van der Waals surface area (Å²) in [6.45, 7) is 3.14. The maximum atomic E-state index is 4.47. The Labute approximate surface area is 118 Å². The fourth-order valence-electron chi connectivity index (χ4n) is 2.43. The van der Waals surface area contributed by atoms with Gasteiger partial charge in [-0.1, -0.05) is 18.2 Å². The van der Waals surface area contributed by atoms with Gasteiger partial charge in [0.25, 0.3) is 0 Å². The third-order valence-electron chi connectivity index (χ3n) is 3.69. The molecule has 4 heteroatoms. The van der Waals surface area contributed by atoms with Crippen molar-refractivity contribution in [2.24, 2.45) is 0 Å². The number of rotatable bonds is 4. The molecule has 19 heavy (non-hydrogen) atoms. The summed E-state index contributed by atoms with van der Waals surface area (Å²) in [6, 6.07) is 9.07. The molecule has 0 spiro atoms. The Morgan fingerprint density at radius 1 is 1.47 bits per heavy atom. The first-order chi connectivity index (χ1) is 9.26. The highest BCUT2D eigenvalue weighted by atomic mass is 32.2. The Morgan fingerprint density at radius 2 is 2.32 bits per heavy atom. The van der Waals surface area contributed by atoms with Crippen LogP contribution >= 0.6 is 11.8 Å². The van der Waals surface area contributed by atoms with Crippen LogP contribution in [0.5, 0.6) is 0 Å². The maximum absolute atomic E-state index is 4.47. The van der Waals surface area contributed by atoms with Crippen molar-refractivity contribution in [2.45, 2.75) is 36.1 Å². The standard InChI is InChI=1S/C15H19N3S/c1-11(16-2)13-8-17-18(9-13)10-14-7-12-5-3-4-6-15(12)19-14/h3-6,8-9,11,14,16H,7,10H2,1-2H3. The number of hydrogen-bond acceptors (Lipinski definition) is 3. The van der Waals surface area contributed by atoms with Crippen molar-refractivity contribution in [1.29, 1.82) is 0 Å². The molecular weight excluding hydrogens is 254 g/mol. The Kier molecular flexibility index (Phi) is 3.62. The van der Waals surface area contributed by atoms with Crippen LogP contribution in [0.25, 0.3) is 0 Å². The lowest BCUT2D eigenvalue weighted by atomic mass is 10.1. The van der Waals surface area contributed by atoms with Crippen molar-refractivity contribution < 1.29 is 0 Å². The Bertz CT molecular complexity index is 539. The molecule has 2 aromatic rings. The van der Waals surface area contributed by atoms with Gasteiger partial charge in [0.1, 0.15) is 0 Å². The molecule has 3 nitrogen and oxygen atoms in total. The molecule has 0 saturated carbocycles. The number of hydrogen-bond donors (Lipinski definition) is 1. The van der Waals surface area contributed by atoms with Gasteiger partial charge in [-0.15, -0.1) is 11.8 Å². The summed E-state index contributed by atoms with van der Waals surface area (Å²) < 4.78 is 2.08. The lowest BCUT2D eigenvalue weighted by molar-refractivity contribution is 0.591. The van der Waals surface area contributed by atoms with E-state index in [-0.39, 0.29) is 0 Å². The van der Waals surface area contributed by atoms with Gasteiger partial charge in [0.15, 0.2) is 0 Å². The molecule has 0 radical (unpaired) electrons. The van der Waals surface area contributed by atoms with Gasteiger partial charge in [0.2, 0.25) is 0 Å². The third-order valence-corrected chi connectivity index (χ3v) is 4.99. The van der Waals surface area contributed by atoms with Gasteiger partial charge < -0.3 is 5.32 Å². The zero-order valence-electron chi connectivity index (χ0n) is 11.3. The molecule has 0 bridgehead atoms. The fourth-order valence-corrected chi connectivity index (χ4v) is 3.74. The minimum absolute atomic E-state index is 0.363. The molecular formula is C15H19N3S. The number of nitrogens with zero attached hydrogens (tertiary/aromatic N) is 2. The molecule has 1 N–H and O–H groups in total. The van der Waals surface area contributed by atoms with Gasteiger partial charge >= 0.3 is 0 Å². The first-order valence-corrected chi connectivity index (χ1v) is 7.58. The van der Waals surface area contributed by atoms with E-state index in [2.05, 4.69) is 52.5 Å². The van der Waals surface area contributed by atoms with Crippen molar-refractivity contribution in [1.82, 2.24) is 15.1 Å². The van der Waals surface area contributed by atoms with E-state index in [1.165, 1.54) is 16.0 Å². The van der Waals surface area contributed by atoms with E-state index in [4.69, 9.17) is 0 Å². The molecule has 0 amide bonds. The van der Waals surface area contributed by atoms with Crippen molar-refractivity contribution in [2.75, 3.05) is 7.05 Å². The number of aromatic nitrogens is 2. The minimum atomic E-state index is 0.363. The maximum Gasteiger partial charge on any atom is 0.0537 e. The molecule has 100 valence electrons. The lowest BCUT2D eigenvalue weighted by Gasteiger charge is -2.09. The third kappa shape index (κ3) is 2.69. The largest absolute Gasteiger partial charge is 0.313 e. The molecule has 0 aliphatic carbocycles. The van der Waals surface area contributed by atoms with Gasteiger partial charge in [-0.25, -0.2) is 0 Å². The average molecular weight is 273 g/mol. The highest BCUT2D eigenvalue weighted by molar-refractivity contribution is 8.00. The first-order valence-electron chi connectivity index (χ1n) is 6.70. The Balaban J connectivity index is 1.66. The second-order valence-electron chi connectivity index (χ2n) is 5.06. The topological polar surface area (TPSA) is 29.9 Å². The van der Waals surface area contributed by atoms with Crippen LogP contribution in [0.4, 0.5) is 0 Å². The number of nitrogens with one attached hydrogen (secondary N) is 1. The van der Waals surface area contributed by atoms with Crippen LogP contribution in [-0.2, 0) is 13.0 Å². The van der Waals surface area contributed by atoms with Crippen LogP contribution in [-0.4, -0.2) is 22.1 Å². The number of benzene rings is 1. The monoisotopic (exact) mass is 273 g/mol. The Hall–Kier alpha value is -1.26. The molecule has 1 aliphatic rings. The van der Waals surface area contributed by atoms with E-state index in [1.54, 1.807) is 0 Å². The SMILES string of the molecule is CNC(C)c1cnn(CC2Cc3ccccc3S2)c1. The van der Waals surface area contributed by atoms with Gasteiger partial charge in [-0.2, -0.15) is 5.10 Å². The van der Waals surface area contributed by atoms with E-state index in [0.717, 1.165) is 13.0 Å². The highest BCUT2D eigenvalue weighted by Gasteiger charge is 2.22. The van der Waals surface area contributed by atoms with Crippen LogP contribution in [0, 0.1) is 0 Å². The molecule has 2 heterocycles. The first kappa shape index (κ1) is 12.8. The van der Waals surface area contributed by atoms with Crippen molar-refractivity contribution in [3.8, 4) is 0 Å².